The van der Waals surface area contributed by atoms with Crippen LogP contribution in [0.1, 0.15) is 25.0 Å². The maximum atomic E-state index is 12.5. The zero-order valence-electron chi connectivity index (χ0n) is 10.4. The van der Waals surface area contributed by atoms with E-state index in [4.69, 9.17) is 9.47 Å². The van der Waals surface area contributed by atoms with E-state index in [0.717, 1.165) is 0 Å². The summed E-state index contributed by atoms with van der Waals surface area (Å²) >= 11 is 0. The third-order valence-electron chi connectivity index (χ3n) is 2.68. The summed E-state index contributed by atoms with van der Waals surface area (Å²) in [5.41, 5.74) is 0.662. The third-order valence-corrected chi connectivity index (χ3v) is 2.68. The average molecular weight is 273 g/mol. The van der Waals surface area contributed by atoms with E-state index in [9.17, 15) is 13.2 Å². The highest BCUT2D eigenvalue weighted by Gasteiger charge is 2.41. The highest BCUT2D eigenvalue weighted by molar-refractivity contribution is 5.69. The second-order valence-electron chi connectivity index (χ2n) is 4.16. The largest absolute Gasteiger partial charge is 0.451 e. The van der Waals surface area contributed by atoms with Crippen LogP contribution in [0.2, 0.25) is 0 Å². The van der Waals surface area contributed by atoms with E-state index in [0.29, 0.717) is 12.2 Å². The molecule has 104 valence electrons. The molecule has 1 heterocycles. The summed E-state index contributed by atoms with van der Waals surface area (Å²) in [6, 6.07) is 7.74. The summed E-state index contributed by atoms with van der Waals surface area (Å²) in [5, 5.41) is 0. The fourth-order valence-corrected chi connectivity index (χ4v) is 1.94. The normalized spacial score (nSPS) is 22.8. The molecule has 19 heavy (non-hydrogen) atoms. The Labute approximate surface area is 109 Å². The van der Waals surface area contributed by atoms with Gasteiger partial charge in [0.2, 0.25) is 0 Å². The summed E-state index contributed by atoms with van der Waals surface area (Å²) in [6.45, 7) is 2.03. The number of nitrogens with zero attached hydrogens (tertiary/aromatic N) is 1. The van der Waals surface area contributed by atoms with E-state index in [1.807, 2.05) is 0 Å². The molecule has 0 aromatic heterocycles. The minimum absolute atomic E-state index is 0.0643. The van der Waals surface area contributed by atoms with E-state index in [1.165, 1.54) is 0 Å². The number of hydrogen-bond acceptors (Lipinski definition) is 3. The van der Waals surface area contributed by atoms with Crippen molar-refractivity contribution in [2.24, 2.45) is 4.99 Å². The highest BCUT2D eigenvalue weighted by atomic mass is 19.4. The van der Waals surface area contributed by atoms with Crippen LogP contribution in [0.4, 0.5) is 13.2 Å². The molecule has 1 aliphatic heterocycles. The molecule has 0 N–H and O–H groups in total. The zero-order valence-corrected chi connectivity index (χ0v) is 10.4. The first-order valence-electron chi connectivity index (χ1n) is 5.98. The van der Waals surface area contributed by atoms with Crippen LogP contribution in [0.25, 0.3) is 0 Å². The quantitative estimate of drug-likeness (QED) is 0.844. The Balaban J connectivity index is 2.18. The Kier molecular flexibility index (Phi) is 3.97. The van der Waals surface area contributed by atoms with Gasteiger partial charge < -0.3 is 9.47 Å². The van der Waals surface area contributed by atoms with Crippen LogP contribution in [0.3, 0.4) is 0 Å². The highest BCUT2D eigenvalue weighted by Crippen LogP contribution is 2.36. The molecule has 2 atom stereocenters. The summed E-state index contributed by atoms with van der Waals surface area (Å²) in [4.78, 5) is 3.87. The monoisotopic (exact) mass is 273 g/mol. The number of halogens is 3. The fourth-order valence-electron chi connectivity index (χ4n) is 1.94. The molecule has 0 bridgehead atoms. The van der Waals surface area contributed by atoms with E-state index in [2.05, 4.69) is 4.99 Å². The Morgan fingerprint density at radius 2 is 1.95 bits per heavy atom. The molecule has 0 spiro atoms. The summed E-state index contributed by atoms with van der Waals surface area (Å²) in [5.74, 6) is 0. The minimum atomic E-state index is -4.29. The smallest absolute Gasteiger partial charge is 0.391 e. The number of aliphatic imine (C=N–C) groups is 1. The summed E-state index contributed by atoms with van der Waals surface area (Å²) < 4.78 is 48.1. The van der Waals surface area contributed by atoms with Gasteiger partial charge in [-0.3, -0.25) is 0 Å². The number of hydrogen-bond donors (Lipinski definition) is 0. The average Bonchev–Trinajstić information content (AvgIpc) is 2.71. The van der Waals surface area contributed by atoms with Crippen molar-refractivity contribution in [2.75, 3.05) is 6.61 Å². The first-order valence-corrected chi connectivity index (χ1v) is 5.98. The van der Waals surface area contributed by atoms with Gasteiger partial charge in [0.25, 0.3) is 0 Å². The van der Waals surface area contributed by atoms with E-state index < -0.39 is 24.7 Å². The minimum Gasteiger partial charge on any atom is -0.451 e. The predicted molar refractivity (Wildman–Crippen MR) is 63.8 cm³/mol. The van der Waals surface area contributed by atoms with E-state index in [-0.39, 0.29) is 6.08 Å². The molecule has 0 fully saturated rings. The molecule has 1 aromatic rings. The summed E-state index contributed by atoms with van der Waals surface area (Å²) in [7, 11) is 0. The molecular weight excluding hydrogens is 259 g/mol. The lowest BCUT2D eigenvalue weighted by atomic mass is 10.0. The van der Waals surface area contributed by atoms with Gasteiger partial charge in [0.1, 0.15) is 6.04 Å². The molecule has 3 nitrogen and oxygen atoms in total. The van der Waals surface area contributed by atoms with Gasteiger partial charge >= 0.3 is 12.3 Å². The molecule has 0 unspecified atom stereocenters. The van der Waals surface area contributed by atoms with Crippen LogP contribution in [0, 0.1) is 0 Å². The van der Waals surface area contributed by atoms with Crippen molar-refractivity contribution in [1.29, 1.82) is 0 Å². The van der Waals surface area contributed by atoms with Crippen molar-refractivity contribution in [3.63, 3.8) is 0 Å². The Morgan fingerprint density at radius 1 is 1.26 bits per heavy atom. The number of alkyl halides is 3. The maximum Gasteiger partial charge on any atom is 0.391 e. The Morgan fingerprint density at radius 3 is 2.53 bits per heavy atom. The van der Waals surface area contributed by atoms with Crippen molar-refractivity contribution in [2.45, 2.75) is 31.7 Å². The molecule has 0 radical (unpaired) electrons. The van der Waals surface area contributed by atoms with E-state index >= 15 is 0 Å². The van der Waals surface area contributed by atoms with Crippen LogP contribution in [-0.4, -0.2) is 24.9 Å². The van der Waals surface area contributed by atoms with Gasteiger partial charge in [0.05, 0.1) is 13.0 Å². The molecule has 1 aromatic carbocycles. The predicted octanol–water partition coefficient (Wildman–Crippen LogP) is 3.47. The van der Waals surface area contributed by atoms with Gasteiger partial charge in [0, 0.05) is 0 Å². The van der Waals surface area contributed by atoms with Crippen LogP contribution < -0.4 is 0 Å². The topological polar surface area (TPSA) is 30.8 Å². The van der Waals surface area contributed by atoms with Crippen molar-refractivity contribution >= 4 is 6.08 Å². The van der Waals surface area contributed by atoms with Gasteiger partial charge in [-0.25, -0.2) is 4.99 Å². The van der Waals surface area contributed by atoms with Crippen molar-refractivity contribution in [3.05, 3.63) is 35.9 Å². The van der Waals surface area contributed by atoms with Gasteiger partial charge in [-0.1, -0.05) is 30.3 Å². The van der Waals surface area contributed by atoms with Crippen LogP contribution in [-0.2, 0) is 9.47 Å². The van der Waals surface area contributed by atoms with Gasteiger partial charge in [-0.2, -0.15) is 13.2 Å². The van der Waals surface area contributed by atoms with Gasteiger partial charge in [-0.15, -0.1) is 0 Å². The van der Waals surface area contributed by atoms with Gasteiger partial charge in [-0.05, 0) is 12.5 Å². The lowest BCUT2D eigenvalue weighted by Crippen LogP contribution is -2.22. The number of benzene rings is 1. The molecule has 1 aliphatic rings. The lowest BCUT2D eigenvalue weighted by Gasteiger charge is -2.18. The fraction of sp³-hybridized carbons (Fsp3) is 0.462. The molecule has 0 aliphatic carbocycles. The second-order valence-corrected chi connectivity index (χ2v) is 4.16. The number of ether oxygens (including phenoxy) is 2. The Hall–Kier alpha value is -1.72. The SMILES string of the molecule is CCOC1=N[C@H](CC(F)(F)F)[C@@H](c2ccccc2)O1. The first-order chi connectivity index (χ1) is 8.99. The summed E-state index contributed by atoms with van der Waals surface area (Å²) in [6.07, 6.45) is -6.12. The van der Waals surface area contributed by atoms with Crippen molar-refractivity contribution < 1.29 is 22.6 Å². The molecule has 0 saturated carbocycles. The first kappa shape index (κ1) is 13.7. The Bertz CT molecular complexity index is 445. The van der Waals surface area contributed by atoms with Crippen LogP contribution in [0.5, 0.6) is 0 Å². The van der Waals surface area contributed by atoms with Crippen molar-refractivity contribution in [1.82, 2.24) is 0 Å². The lowest BCUT2D eigenvalue weighted by molar-refractivity contribution is -0.141. The zero-order chi connectivity index (χ0) is 13.9. The molecule has 2 rings (SSSR count). The maximum absolute atomic E-state index is 12.5. The number of rotatable bonds is 3. The van der Waals surface area contributed by atoms with Crippen LogP contribution >= 0.6 is 0 Å². The molecule has 0 amide bonds. The molecular formula is C13H14F3NO2. The molecule has 0 saturated heterocycles. The van der Waals surface area contributed by atoms with Gasteiger partial charge in [0.15, 0.2) is 6.10 Å². The van der Waals surface area contributed by atoms with Crippen LogP contribution in [0.15, 0.2) is 35.3 Å². The standard InChI is InChI=1S/C13H14F3NO2/c1-2-18-12-17-10(8-13(14,15)16)11(19-12)9-6-4-3-5-7-9/h3-7,10-11H,2,8H2,1H3/t10-,11-/m1/s1. The second kappa shape index (κ2) is 5.50. The van der Waals surface area contributed by atoms with E-state index in [1.54, 1.807) is 37.3 Å². The third kappa shape index (κ3) is 3.62. The molecule has 6 heteroatoms. The van der Waals surface area contributed by atoms with Crippen molar-refractivity contribution in [3.8, 4) is 0 Å².